The van der Waals surface area contributed by atoms with E-state index in [-0.39, 0.29) is 6.03 Å². The first-order valence-corrected chi connectivity index (χ1v) is 9.55. The fourth-order valence-corrected chi connectivity index (χ4v) is 4.46. The second-order valence-electron chi connectivity index (χ2n) is 5.93. The number of amides is 2. The van der Waals surface area contributed by atoms with Gasteiger partial charge in [0.15, 0.2) is 0 Å². The maximum atomic E-state index is 12.5. The number of halogens is 1. The van der Waals surface area contributed by atoms with E-state index in [2.05, 4.69) is 36.5 Å². The van der Waals surface area contributed by atoms with E-state index < -0.39 is 0 Å². The molecule has 2 aromatic carbocycles. The minimum atomic E-state index is -0.0525. The Morgan fingerprint density at radius 1 is 1.21 bits per heavy atom. The third-order valence-electron chi connectivity index (χ3n) is 4.24. The first-order valence-electron chi connectivity index (χ1n) is 8.12. The summed E-state index contributed by atoms with van der Waals surface area (Å²) in [5.74, 6) is 0.946. The van der Waals surface area contributed by atoms with Crippen LogP contribution in [0.3, 0.4) is 0 Å². The fraction of sp³-hybridized carbons (Fsp3) is 0.316. The molecule has 1 saturated heterocycles. The first-order chi connectivity index (χ1) is 11.6. The van der Waals surface area contributed by atoms with Gasteiger partial charge in [-0.15, -0.1) is 0 Å². The van der Waals surface area contributed by atoms with Crippen LogP contribution in [0.15, 0.2) is 48.5 Å². The van der Waals surface area contributed by atoms with Crippen LogP contribution in [0.1, 0.15) is 22.8 Å². The number of nitrogens with one attached hydrogen (secondary N) is 1. The van der Waals surface area contributed by atoms with Crippen LogP contribution < -0.4 is 5.32 Å². The highest BCUT2D eigenvalue weighted by Crippen LogP contribution is 2.36. The number of hydrogen-bond donors (Lipinski definition) is 1. The predicted octanol–water partition coefficient (Wildman–Crippen LogP) is 5.36. The number of nitrogens with zero attached hydrogens (tertiary/aromatic N) is 1. The van der Waals surface area contributed by atoms with Gasteiger partial charge in [-0.05, 0) is 42.7 Å². The zero-order valence-electron chi connectivity index (χ0n) is 13.7. The molecule has 1 aliphatic rings. The van der Waals surface area contributed by atoms with Gasteiger partial charge in [0, 0.05) is 34.8 Å². The Hall–Kier alpha value is -1.65. The van der Waals surface area contributed by atoms with Crippen LogP contribution in [0.25, 0.3) is 0 Å². The molecule has 126 valence electrons. The Bertz CT molecular complexity index is 722. The number of benzene rings is 2. The number of urea groups is 1. The van der Waals surface area contributed by atoms with Gasteiger partial charge >= 0.3 is 6.03 Å². The van der Waals surface area contributed by atoms with Crippen molar-refractivity contribution in [2.45, 2.75) is 18.6 Å². The van der Waals surface area contributed by atoms with E-state index in [1.54, 1.807) is 12.1 Å². The van der Waals surface area contributed by atoms with E-state index in [0.717, 1.165) is 31.0 Å². The number of anilines is 1. The molecule has 1 unspecified atom stereocenters. The van der Waals surface area contributed by atoms with E-state index in [4.69, 9.17) is 11.6 Å². The highest BCUT2D eigenvalue weighted by Gasteiger charge is 2.22. The van der Waals surface area contributed by atoms with Gasteiger partial charge in [0.25, 0.3) is 0 Å². The van der Waals surface area contributed by atoms with Gasteiger partial charge in [-0.2, -0.15) is 11.8 Å². The lowest BCUT2D eigenvalue weighted by molar-refractivity contribution is 0.215. The molecule has 3 nitrogen and oxygen atoms in total. The van der Waals surface area contributed by atoms with Gasteiger partial charge in [0.1, 0.15) is 0 Å². The van der Waals surface area contributed by atoms with Crippen LogP contribution in [0.5, 0.6) is 0 Å². The lowest BCUT2D eigenvalue weighted by Gasteiger charge is -2.21. The standard InChI is InChI=1S/C19H21ClN2OS/c1-14-5-2-3-8-17(14)18-9-10-22(11-12-24-18)19(23)21-16-7-4-6-15(20)13-16/h2-8,13,18H,9-12H2,1H3,(H,21,23). The molecular weight excluding hydrogens is 340 g/mol. The molecule has 24 heavy (non-hydrogen) atoms. The summed E-state index contributed by atoms with van der Waals surface area (Å²) in [7, 11) is 0. The van der Waals surface area contributed by atoms with Gasteiger partial charge in [-0.1, -0.05) is 41.9 Å². The summed E-state index contributed by atoms with van der Waals surface area (Å²) in [6.45, 7) is 3.68. The Morgan fingerprint density at radius 3 is 2.83 bits per heavy atom. The van der Waals surface area contributed by atoms with Gasteiger partial charge in [-0.3, -0.25) is 0 Å². The lowest BCUT2D eigenvalue weighted by atomic mass is 10.0. The van der Waals surface area contributed by atoms with Gasteiger partial charge in [0.2, 0.25) is 0 Å². The molecule has 2 amide bonds. The molecule has 0 spiro atoms. The SMILES string of the molecule is Cc1ccccc1C1CCN(C(=O)Nc2cccc(Cl)c2)CCS1. The third kappa shape index (κ3) is 4.25. The molecule has 3 rings (SSSR count). The maximum Gasteiger partial charge on any atom is 0.321 e. The molecule has 0 bridgehead atoms. The molecule has 1 heterocycles. The largest absolute Gasteiger partial charge is 0.324 e. The van der Waals surface area contributed by atoms with Crippen LogP contribution in [-0.2, 0) is 0 Å². The number of carbonyl (C=O) groups excluding carboxylic acids is 1. The van der Waals surface area contributed by atoms with Gasteiger partial charge in [-0.25, -0.2) is 4.79 Å². The van der Waals surface area contributed by atoms with Crippen LogP contribution in [-0.4, -0.2) is 29.8 Å². The molecule has 0 aliphatic carbocycles. The lowest BCUT2D eigenvalue weighted by Crippen LogP contribution is -2.36. The molecule has 1 fully saturated rings. The Kier molecular flexibility index (Phi) is 5.69. The zero-order chi connectivity index (χ0) is 16.9. The van der Waals surface area contributed by atoms with Crippen LogP contribution in [0.4, 0.5) is 10.5 Å². The summed E-state index contributed by atoms with van der Waals surface area (Å²) in [6.07, 6.45) is 0.971. The normalized spacial score (nSPS) is 18.1. The minimum Gasteiger partial charge on any atom is -0.324 e. The number of aryl methyl sites for hydroxylation is 1. The highest BCUT2D eigenvalue weighted by molar-refractivity contribution is 7.99. The van der Waals surface area contributed by atoms with Crippen molar-refractivity contribution in [2.24, 2.45) is 0 Å². The molecule has 0 aromatic heterocycles. The van der Waals surface area contributed by atoms with Gasteiger partial charge in [0.05, 0.1) is 0 Å². The third-order valence-corrected chi connectivity index (χ3v) is 5.79. The van der Waals surface area contributed by atoms with Crippen molar-refractivity contribution < 1.29 is 4.79 Å². The molecule has 1 N–H and O–H groups in total. The Labute approximate surface area is 152 Å². The van der Waals surface area contributed by atoms with E-state index in [1.807, 2.05) is 28.8 Å². The second kappa shape index (κ2) is 7.95. The summed E-state index contributed by atoms with van der Waals surface area (Å²) >= 11 is 7.91. The molecule has 1 atom stereocenters. The first kappa shape index (κ1) is 17.2. The predicted molar refractivity (Wildman–Crippen MR) is 103 cm³/mol. The average Bonchev–Trinajstić information content (AvgIpc) is 2.81. The Balaban J connectivity index is 1.63. The van der Waals surface area contributed by atoms with E-state index in [9.17, 15) is 4.79 Å². The van der Waals surface area contributed by atoms with Crippen molar-refractivity contribution in [3.63, 3.8) is 0 Å². The van der Waals surface area contributed by atoms with Gasteiger partial charge < -0.3 is 10.2 Å². The zero-order valence-corrected chi connectivity index (χ0v) is 15.2. The monoisotopic (exact) mass is 360 g/mol. The van der Waals surface area contributed by atoms with E-state index in [0.29, 0.717) is 10.3 Å². The van der Waals surface area contributed by atoms with E-state index >= 15 is 0 Å². The fourth-order valence-electron chi connectivity index (χ4n) is 2.94. The van der Waals surface area contributed by atoms with Crippen molar-refractivity contribution >= 4 is 35.1 Å². The molecule has 1 aliphatic heterocycles. The van der Waals surface area contributed by atoms with Crippen molar-refractivity contribution in [3.05, 3.63) is 64.7 Å². The average molecular weight is 361 g/mol. The second-order valence-corrected chi connectivity index (χ2v) is 7.68. The summed E-state index contributed by atoms with van der Waals surface area (Å²) in [4.78, 5) is 14.4. The van der Waals surface area contributed by atoms with E-state index in [1.165, 1.54) is 11.1 Å². The Morgan fingerprint density at radius 2 is 2.04 bits per heavy atom. The van der Waals surface area contributed by atoms with Crippen LogP contribution >= 0.6 is 23.4 Å². The van der Waals surface area contributed by atoms with Crippen molar-refractivity contribution in [1.82, 2.24) is 4.90 Å². The topological polar surface area (TPSA) is 32.3 Å². The molecule has 2 aromatic rings. The van der Waals surface area contributed by atoms with Crippen molar-refractivity contribution in [2.75, 3.05) is 24.2 Å². The summed E-state index contributed by atoms with van der Waals surface area (Å²) in [5, 5.41) is 4.02. The van der Waals surface area contributed by atoms with Crippen LogP contribution in [0, 0.1) is 6.92 Å². The summed E-state index contributed by atoms with van der Waals surface area (Å²) < 4.78 is 0. The van der Waals surface area contributed by atoms with Crippen molar-refractivity contribution in [3.8, 4) is 0 Å². The van der Waals surface area contributed by atoms with Crippen LogP contribution in [0.2, 0.25) is 5.02 Å². The number of rotatable bonds is 2. The summed E-state index contributed by atoms with van der Waals surface area (Å²) in [5.41, 5.74) is 3.45. The molecule has 0 saturated carbocycles. The number of carbonyl (C=O) groups is 1. The smallest absolute Gasteiger partial charge is 0.321 e. The maximum absolute atomic E-state index is 12.5. The quantitative estimate of drug-likeness (QED) is 0.781. The number of thioether (sulfide) groups is 1. The molecule has 5 heteroatoms. The minimum absolute atomic E-state index is 0.0525. The summed E-state index contributed by atoms with van der Waals surface area (Å²) in [6, 6.07) is 15.7. The van der Waals surface area contributed by atoms with Crippen molar-refractivity contribution in [1.29, 1.82) is 0 Å². The molecule has 0 radical (unpaired) electrons. The highest BCUT2D eigenvalue weighted by atomic mass is 35.5. The molecular formula is C19H21ClN2OS. The number of hydrogen-bond acceptors (Lipinski definition) is 2.